The molecule has 22 heteroatoms. The van der Waals surface area contributed by atoms with Crippen LogP contribution in [0.25, 0.3) is 0 Å². The van der Waals surface area contributed by atoms with Gasteiger partial charge in [-0.1, -0.05) is 54.6 Å². The van der Waals surface area contributed by atoms with Crippen molar-refractivity contribution in [2.45, 2.75) is 82.5 Å². The molecule has 2 saturated heterocycles. The van der Waals surface area contributed by atoms with Crippen LogP contribution in [-0.2, 0) is 52.5 Å². The van der Waals surface area contributed by atoms with Crippen LogP contribution in [0.1, 0.15) is 66.5 Å². The Hall–Kier alpha value is -6.92. The minimum absolute atomic E-state index is 0.0865. The van der Waals surface area contributed by atoms with Crippen molar-refractivity contribution in [3.8, 4) is 17.6 Å². The molecule has 2 N–H and O–H groups in total. The highest BCUT2D eigenvalue weighted by Crippen LogP contribution is 2.53. The molecule has 5 aromatic rings. The summed E-state index contributed by atoms with van der Waals surface area (Å²) in [5.74, 6) is -0.589. The summed E-state index contributed by atoms with van der Waals surface area (Å²) < 4.78 is 71.5. The summed E-state index contributed by atoms with van der Waals surface area (Å²) in [7, 11) is -1.65. The average Bonchev–Trinajstić information content (AvgIpc) is 3.93. The number of carbonyl (C=O) groups is 2. The van der Waals surface area contributed by atoms with Crippen molar-refractivity contribution >= 4 is 19.5 Å². The number of hydrogen-bond acceptors (Lipinski definition) is 17. The van der Waals surface area contributed by atoms with Gasteiger partial charge in [0.25, 0.3) is 11.1 Å². The van der Waals surface area contributed by atoms with Gasteiger partial charge in [-0.3, -0.25) is 42.8 Å². The second-order valence-corrected chi connectivity index (χ2v) is 18.5. The van der Waals surface area contributed by atoms with Crippen molar-refractivity contribution in [3.05, 3.63) is 161 Å². The summed E-state index contributed by atoms with van der Waals surface area (Å²) in [5.41, 5.74) is -1.82. The minimum atomic E-state index is -4.75. The summed E-state index contributed by atoms with van der Waals surface area (Å²) in [6.45, 7) is 2.87. The maximum atomic E-state index is 15.2. The molecule has 2 aliphatic heterocycles. The third-order valence-electron chi connectivity index (χ3n) is 11.8. The Kier molecular flexibility index (Phi) is 16.2. The van der Waals surface area contributed by atoms with Gasteiger partial charge in [-0.05, 0) is 54.8 Å². The van der Waals surface area contributed by atoms with Gasteiger partial charge < -0.3 is 42.2 Å². The van der Waals surface area contributed by atoms with E-state index < -0.39 is 97.3 Å². The highest BCUT2D eigenvalue weighted by molar-refractivity contribution is 7.54. The fourth-order valence-corrected chi connectivity index (χ4v) is 9.94. The lowest BCUT2D eigenvalue weighted by atomic mass is 9.80. The Morgan fingerprint density at radius 3 is 1.76 bits per heavy atom. The van der Waals surface area contributed by atoms with Crippen molar-refractivity contribution in [3.63, 3.8) is 0 Å². The number of nitriles is 1. The first kappa shape index (κ1) is 50.9. The molecule has 0 bridgehead atoms. The number of aryl methyl sites for hydroxylation is 2. The number of benzene rings is 3. The van der Waals surface area contributed by atoms with Crippen LogP contribution in [-0.4, -0.2) is 95.7 Å². The number of hydrogen-bond donors (Lipinski definition) is 2. The quantitative estimate of drug-likeness (QED) is 0.0477. The number of rotatable bonds is 20. The van der Waals surface area contributed by atoms with Crippen molar-refractivity contribution in [2.24, 2.45) is 0 Å². The second-order valence-electron chi connectivity index (χ2n) is 16.5. The van der Waals surface area contributed by atoms with E-state index in [0.717, 1.165) is 16.1 Å². The maximum Gasteiger partial charge on any atom is 0.342 e. The zero-order valence-corrected chi connectivity index (χ0v) is 39.8. The van der Waals surface area contributed by atoms with Gasteiger partial charge in [0.2, 0.25) is 0 Å². The molecule has 7 rings (SSSR count). The van der Waals surface area contributed by atoms with E-state index in [9.17, 15) is 28.8 Å². The summed E-state index contributed by atoms with van der Waals surface area (Å²) in [6.07, 6.45) is -5.82. The lowest BCUT2D eigenvalue weighted by molar-refractivity contribution is -0.150. The van der Waals surface area contributed by atoms with Gasteiger partial charge in [0.15, 0.2) is 0 Å². The fourth-order valence-electron chi connectivity index (χ4n) is 8.29. The number of aromatic nitrogens is 4. The molecule has 1 unspecified atom stereocenters. The van der Waals surface area contributed by atoms with Gasteiger partial charge in [0.05, 0.1) is 46.0 Å². The fraction of sp³-hybridized carbons (Fsp3) is 0.396. The van der Waals surface area contributed by atoms with Gasteiger partial charge in [0.1, 0.15) is 60.6 Å². The van der Waals surface area contributed by atoms with Crippen LogP contribution in [0.3, 0.4) is 0 Å². The van der Waals surface area contributed by atoms with Crippen molar-refractivity contribution in [1.29, 1.82) is 5.26 Å². The Morgan fingerprint density at radius 2 is 1.26 bits per heavy atom. The van der Waals surface area contributed by atoms with Gasteiger partial charge in [0, 0.05) is 43.3 Å². The number of nitrogens with one attached hydrogen (secondary N) is 2. The number of esters is 2. The lowest BCUT2D eigenvalue weighted by Gasteiger charge is -2.37. The number of aromatic amines is 2. The van der Waals surface area contributed by atoms with E-state index >= 15 is 4.57 Å². The molecular weight excluding hydrogens is 934 g/mol. The molecule has 0 aliphatic carbocycles. The largest absolute Gasteiger partial charge is 0.497 e. The monoisotopic (exact) mass is 985 g/mol. The zero-order chi connectivity index (χ0) is 50.2. The number of nitrogens with zero attached hydrogens (tertiary/aromatic N) is 3. The van der Waals surface area contributed by atoms with Crippen molar-refractivity contribution in [1.82, 2.24) is 19.1 Å². The number of carbonyl (C=O) groups excluding carboxylic acids is 2. The first-order valence-electron chi connectivity index (χ1n) is 22.1. The third kappa shape index (κ3) is 11.6. The topological polar surface area (TPSA) is 268 Å². The van der Waals surface area contributed by atoms with E-state index in [1.165, 1.54) is 26.2 Å². The minimum Gasteiger partial charge on any atom is -0.497 e. The van der Waals surface area contributed by atoms with E-state index in [0.29, 0.717) is 28.2 Å². The summed E-state index contributed by atoms with van der Waals surface area (Å²) in [5, 5.41) is 9.10. The standard InChI is InChI=1S/C48H52N5O16P/c1-29-24-52(46(58)50-44(29)56)41-22-37(66-31(3)54)40(68-41)27-65-70(60,28-43(55)63-21-9-20-49)69-38-23-42(53-25-30(2)45(57)51-47(53)59)67-39(38)26-64-48(32-10-7-6-8-11-32,33-12-16-35(61-4)17-13-33)34-14-18-36(62-5)19-15-34/h6-8,10-19,24-25,37-42H,9,21-23,26-28H2,1-5H3,(H,50,56,58)(H,51,57,59)/t37-,38-,39+,40+,41+,42+,70?/m0/s1. The van der Waals surface area contributed by atoms with Crippen LogP contribution in [0.4, 0.5) is 0 Å². The number of ether oxygens (including phenoxy) is 7. The molecule has 0 spiro atoms. The third-order valence-corrected chi connectivity index (χ3v) is 13.5. The summed E-state index contributed by atoms with van der Waals surface area (Å²) in [6, 6.07) is 25.7. The second kappa shape index (κ2) is 22.2. The van der Waals surface area contributed by atoms with Crippen LogP contribution in [0.15, 0.2) is 110 Å². The molecular formula is C48H52N5O16P. The van der Waals surface area contributed by atoms with Crippen molar-refractivity contribution in [2.75, 3.05) is 40.2 Å². The molecule has 3 aromatic carbocycles. The van der Waals surface area contributed by atoms with E-state index in [2.05, 4.69) is 9.97 Å². The molecule has 7 atom stereocenters. The first-order chi connectivity index (χ1) is 33.6. The van der Waals surface area contributed by atoms with Crippen molar-refractivity contribution < 1.29 is 56.4 Å². The maximum absolute atomic E-state index is 15.2. The van der Waals surface area contributed by atoms with E-state index in [-0.39, 0.29) is 43.6 Å². The molecule has 0 saturated carbocycles. The smallest absolute Gasteiger partial charge is 0.342 e. The first-order valence-corrected chi connectivity index (χ1v) is 23.8. The molecule has 2 aliphatic rings. The molecule has 21 nitrogen and oxygen atoms in total. The van der Waals surface area contributed by atoms with E-state index in [4.69, 9.17) is 47.5 Å². The van der Waals surface area contributed by atoms with Gasteiger partial charge in [-0.2, -0.15) is 5.26 Å². The highest BCUT2D eigenvalue weighted by Gasteiger charge is 2.48. The van der Waals surface area contributed by atoms with Gasteiger partial charge >= 0.3 is 30.9 Å². The predicted molar refractivity (Wildman–Crippen MR) is 247 cm³/mol. The van der Waals surface area contributed by atoms with Crippen LogP contribution in [0, 0.1) is 25.2 Å². The normalized spacial score (nSPS) is 20.8. The predicted octanol–water partition coefficient (Wildman–Crippen LogP) is 4.29. The zero-order valence-electron chi connectivity index (χ0n) is 38.9. The Bertz CT molecular complexity index is 2940. The Labute approximate surface area is 400 Å². The molecule has 2 aromatic heterocycles. The molecule has 0 radical (unpaired) electrons. The summed E-state index contributed by atoms with van der Waals surface area (Å²) >= 11 is 0. The highest BCUT2D eigenvalue weighted by atomic mass is 31.2. The summed E-state index contributed by atoms with van der Waals surface area (Å²) in [4.78, 5) is 81.0. The average molecular weight is 986 g/mol. The van der Waals surface area contributed by atoms with E-state index in [1.54, 1.807) is 38.5 Å². The molecule has 4 heterocycles. The molecule has 70 heavy (non-hydrogen) atoms. The SMILES string of the molecule is COc1ccc(C(OC[C@H]2O[C@@H](n3cc(C)c(=O)[nH]c3=O)C[C@@H]2OP(=O)(CC(=O)OCCC#N)OC[C@H]2O[C@@H](n3cc(C)c(=O)[nH]c3=O)C[C@@H]2OC(C)=O)(c2ccccc2)c2ccc(OC)cc2)cc1. The van der Waals surface area contributed by atoms with Crippen LogP contribution in [0.2, 0.25) is 0 Å². The molecule has 0 amide bonds. The number of methoxy groups -OCH3 is 2. The lowest BCUT2D eigenvalue weighted by Crippen LogP contribution is -2.39. The van der Waals surface area contributed by atoms with Gasteiger partial charge in [-0.15, -0.1) is 0 Å². The molecule has 370 valence electrons. The van der Waals surface area contributed by atoms with Crippen LogP contribution in [0.5, 0.6) is 11.5 Å². The molecule has 2 fully saturated rings. The van der Waals surface area contributed by atoms with E-state index in [1.807, 2.05) is 60.7 Å². The van der Waals surface area contributed by atoms with Crippen LogP contribution < -0.4 is 32.0 Å². The number of H-pyrrole nitrogens is 2. The van der Waals surface area contributed by atoms with Gasteiger partial charge in [-0.25, -0.2) is 9.59 Å². The Morgan fingerprint density at radius 1 is 0.757 bits per heavy atom. The van der Waals surface area contributed by atoms with Crippen LogP contribution >= 0.6 is 7.60 Å². The Balaban J connectivity index is 1.27.